The summed E-state index contributed by atoms with van der Waals surface area (Å²) in [7, 11) is 0. The van der Waals surface area contributed by atoms with Crippen molar-refractivity contribution in [1.29, 1.82) is 0 Å². The fourth-order valence-electron chi connectivity index (χ4n) is 5.37. The number of benzene rings is 2. The van der Waals surface area contributed by atoms with Crippen LogP contribution in [0.2, 0.25) is 0 Å². The minimum absolute atomic E-state index is 0.0578. The summed E-state index contributed by atoms with van der Waals surface area (Å²) in [5, 5.41) is 0. The largest absolute Gasteiger partial charge is 0.426 e. The molecule has 0 aliphatic heterocycles. The molecule has 1 aliphatic carbocycles. The number of carbonyl (C=O) groups excluding carboxylic acids is 3. The monoisotopic (exact) mass is 636 g/mol. The van der Waals surface area contributed by atoms with Crippen molar-refractivity contribution in [2.75, 3.05) is 19.8 Å². The molecule has 46 heavy (non-hydrogen) atoms. The van der Waals surface area contributed by atoms with Gasteiger partial charge in [0.1, 0.15) is 12.4 Å². The molecule has 0 saturated heterocycles. The lowest BCUT2D eigenvalue weighted by Gasteiger charge is -2.26. The van der Waals surface area contributed by atoms with Gasteiger partial charge in [-0.05, 0) is 112 Å². The average Bonchev–Trinajstić information content (AvgIpc) is 3.07. The first-order valence-corrected chi connectivity index (χ1v) is 16.7. The van der Waals surface area contributed by atoms with Crippen LogP contribution in [0.3, 0.4) is 0 Å². The van der Waals surface area contributed by atoms with Crippen LogP contribution in [0.15, 0.2) is 73.8 Å². The topological polar surface area (TPSA) is 97.4 Å². The number of rotatable bonds is 23. The molecule has 1 fully saturated rings. The lowest BCUT2D eigenvalue weighted by Crippen LogP contribution is -2.27. The second kappa shape index (κ2) is 25.6. The van der Waals surface area contributed by atoms with Crippen LogP contribution >= 0.6 is 0 Å². The van der Waals surface area contributed by atoms with Crippen molar-refractivity contribution in [2.45, 2.75) is 96.3 Å². The van der Waals surface area contributed by atoms with Crippen LogP contribution in [0, 0.1) is 11.8 Å². The third-order valence-electron chi connectivity index (χ3n) is 8.04. The van der Waals surface area contributed by atoms with Gasteiger partial charge in [-0.3, -0.25) is 4.79 Å². The van der Waals surface area contributed by atoms with Crippen molar-refractivity contribution >= 4 is 12.1 Å². The van der Waals surface area contributed by atoms with Gasteiger partial charge in [0, 0.05) is 0 Å². The fraction of sp³-hybridized carbons (Fsp3) is 0.526. The fourth-order valence-corrected chi connectivity index (χ4v) is 5.37. The Balaban J connectivity index is 0.00000236. The Morgan fingerprint density at radius 1 is 0.696 bits per heavy atom. The summed E-state index contributed by atoms with van der Waals surface area (Å²) in [4.78, 5) is 50.1. The lowest BCUT2D eigenvalue weighted by molar-refractivity contribution is -0.286. The van der Waals surface area contributed by atoms with Gasteiger partial charge in [-0.2, -0.15) is 14.5 Å². The number of hydrogen-bond acceptors (Lipinski definition) is 8. The van der Waals surface area contributed by atoms with E-state index in [0.29, 0.717) is 31.5 Å². The van der Waals surface area contributed by atoms with E-state index < -0.39 is 0 Å². The maximum atomic E-state index is 12.8. The van der Waals surface area contributed by atoms with E-state index in [1.165, 1.54) is 36.8 Å². The van der Waals surface area contributed by atoms with Gasteiger partial charge in [-0.25, -0.2) is 9.78 Å². The maximum absolute atomic E-state index is 12.8. The smallest absolute Gasteiger partial charge is 0.373 e. The molecule has 2 aromatic carbocycles. The third kappa shape index (κ3) is 17.8. The van der Waals surface area contributed by atoms with Crippen LogP contribution in [0.25, 0.3) is 0 Å². The van der Waals surface area contributed by atoms with Gasteiger partial charge < -0.3 is 9.62 Å². The number of esters is 1. The number of ether oxygens (including phenoxy) is 1. The highest BCUT2D eigenvalue weighted by atomic mass is 17.2. The van der Waals surface area contributed by atoms with Crippen LogP contribution in [0.1, 0.15) is 94.6 Å². The number of hydrogen-bond donors (Lipinski definition) is 0. The average molecular weight is 637 g/mol. The van der Waals surface area contributed by atoms with Gasteiger partial charge in [0.25, 0.3) is 0 Å². The Bertz CT molecular complexity index is 1110. The molecule has 0 bridgehead atoms. The first-order valence-electron chi connectivity index (χ1n) is 16.7. The SMILES string of the molecule is C=CCCCCCCc1ccc(OOCC2CCC(C(=O)Oc3ccc(CCCCCCOOCC=C)cc3)CC2)cc1.O=C=O. The van der Waals surface area contributed by atoms with Crippen LogP contribution in [-0.4, -0.2) is 31.9 Å². The molecule has 0 heterocycles. The van der Waals surface area contributed by atoms with E-state index in [1.54, 1.807) is 6.08 Å². The van der Waals surface area contributed by atoms with Crippen LogP contribution in [0.4, 0.5) is 0 Å². The Morgan fingerprint density at radius 2 is 1.26 bits per heavy atom. The summed E-state index contributed by atoms with van der Waals surface area (Å²) in [6, 6.07) is 16.1. The van der Waals surface area contributed by atoms with Crippen LogP contribution in [0.5, 0.6) is 11.5 Å². The minimum atomic E-state index is -0.125. The molecule has 0 N–H and O–H groups in total. The van der Waals surface area contributed by atoms with E-state index >= 15 is 0 Å². The highest BCUT2D eigenvalue weighted by Gasteiger charge is 2.28. The van der Waals surface area contributed by atoms with E-state index in [4.69, 9.17) is 33.9 Å². The highest BCUT2D eigenvalue weighted by Crippen LogP contribution is 2.30. The van der Waals surface area contributed by atoms with Gasteiger partial charge >= 0.3 is 12.1 Å². The second-order valence-electron chi connectivity index (χ2n) is 11.7. The molecule has 0 amide bonds. The molecule has 0 aromatic heterocycles. The van der Waals surface area contributed by atoms with Gasteiger partial charge in [0.05, 0.1) is 19.1 Å². The summed E-state index contributed by atoms with van der Waals surface area (Å²) in [6.07, 6.45) is 20.0. The first-order chi connectivity index (χ1) is 22.6. The first kappa shape index (κ1) is 38.6. The molecule has 0 unspecified atom stereocenters. The van der Waals surface area contributed by atoms with E-state index in [9.17, 15) is 4.79 Å². The highest BCUT2D eigenvalue weighted by molar-refractivity contribution is 5.75. The molecule has 0 radical (unpaired) electrons. The zero-order valence-corrected chi connectivity index (χ0v) is 27.3. The van der Waals surface area contributed by atoms with Crippen molar-refractivity contribution in [3.05, 3.63) is 85.0 Å². The maximum Gasteiger partial charge on any atom is 0.373 e. The Labute approximate surface area is 275 Å². The number of carbonyl (C=O) groups is 1. The van der Waals surface area contributed by atoms with Crippen molar-refractivity contribution in [1.82, 2.24) is 0 Å². The van der Waals surface area contributed by atoms with Crippen LogP contribution < -0.4 is 9.62 Å². The number of aryl methyl sites for hydroxylation is 2. The quantitative estimate of drug-likeness (QED) is 0.0298. The predicted octanol–water partition coefficient (Wildman–Crippen LogP) is 8.74. The number of allylic oxidation sites excluding steroid dienone is 1. The summed E-state index contributed by atoms with van der Waals surface area (Å²) in [5.74, 6) is 1.56. The van der Waals surface area contributed by atoms with Crippen molar-refractivity contribution in [3.8, 4) is 11.5 Å². The minimum Gasteiger partial charge on any atom is -0.426 e. The molecule has 2 aromatic rings. The zero-order chi connectivity index (χ0) is 33.1. The van der Waals surface area contributed by atoms with Crippen molar-refractivity contribution < 1.29 is 38.7 Å². The van der Waals surface area contributed by atoms with Gasteiger partial charge in [-0.15, -0.1) is 13.2 Å². The molecule has 1 saturated carbocycles. The van der Waals surface area contributed by atoms with Crippen molar-refractivity contribution in [2.24, 2.45) is 11.8 Å². The number of unbranched alkanes of at least 4 members (excludes halogenated alkanes) is 7. The summed E-state index contributed by atoms with van der Waals surface area (Å²) >= 11 is 0. The van der Waals surface area contributed by atoms with E-state index in [2.05, 4.69) is 37.4 Å². The van der Waals surface area contributed by atoms with E-state index in [0.717, 1.165) is 76.4 Å². The molecule has 252 valence electrons. The molecule has 0 spiro atoms. The lowest BCUT2D eigenvalue weighted by atomic mass is 9.82. The Hall–Kier alpha value is -3.55. The second-order valence-corrected chi connectivity index (χ2v) is 11.7. The Kier molecular flexibility index (Phi) is 21.5. The molecule has 8 nitrogen and oxygen atoms in total. The third-order valence-corrected chi connectivity index (χ3v) is 8.04. The van der Waals surface area contributed by atoms with Crippen molar-refractivity contribution in [3.63, 3.8) is 0 Å². The molecular weight excluding hydrogens is 584 g/mol. The van der Waals surface area contributed by atoms with Crippen LogP contribution in [-0.2, 0) is 41.9 Å². The van der Waals surface area contributed by atoms with Gasteiger partial charge in [-0.1, -0.05) is 62.1 Å². The normalized spacial score (nSPS) is 15.6. The standard InChI is InChI=1S/C37H52O6.CO2/c1-3-5-6-7-8-11-14-32-20-26-36(27-21-32)43-41-30-33-16-22-34(23-17-33)37(38)42-35-24-18-31(19-25-35)15-12-9-10-13-29-40-39-28-4-2;2-1-3/h3-4,18-21,24-27,33-34H,1-2,5-17,22-23,28-30H2;. The summed E-state index contributed by atoms with van der Waals surface area (Å²) in [6.45, 7) is 8.93. The van der Waals surface area contributed by atoms with E-state index in [1.807, 2.05) is 30.3 Å². The molecule has 0 atom stereocenters. The van der Waals surface area contributed by atoms with Gasteiger partial charge in [0.15, 0.2) is 5.75 Å². The summed E-state index contributed by atoms with van der Waals surface area (Å²) in [5.41, 5.74) is 2.59. The summed E-state index contributed by atoms with van der Waals surface area (Å²) < 4.78 is 5.71. The van der Waals surface area contributed by atoms with Gasteiger partial charge in [0.2, 0.25) is 0 Å². The zero-order valence-electron chi connectivity index (χ0n) is 27.3. The molecule has 1 aliphatic rings. The van der Waals surface area contributed by atoms with E-state index in [-0.39, 0.29) is 18.0 Å². The Morgan fingerprint density at radius 3 is 1.85 bits per heavy atom. The molecule has 3 rings (SSSR count). The predicted molar refractivity (Wildman–Crippen MR) is 177 cm³/mol. The molecular formula is C38H52O8. The molecule has 8 heteroatoms.